The van der Waals surface area contributed by atoms with Crippen LogP contribution in [0, 0.1) is 62.5 Å². The van der Waals surface area contributed by atoms with Crippen molar-refractivity contribution >= 4 is 11.8 Å². The lowest BCUT2D eigenvalue weighted by Crippen LogP contribution is -2.53. The van der Waals surface area contributed by atoms with Gasteiger partial charge in [-0.15, -0.1) is 0 Å². The average Bonchev–Trinajstić information content (AvgIpc) is 2.73. The fourth-order valence-electron chi connectivity index (χ4n) is 4.25. The highest BCUT2D eigenvalue weighted by molar-refractivity contribution is 6.00. The van der Waals surface area contributed by atoms with E-state index in [0.29, 0.717) is 11.1 Å². The van der Waals surface area contributed by atoms with Crippen LogP contribution >= 0.6 is 0 Å². The van der Waals surface area contributed by atoms with Crippen molar-refractivity contribution in [3.63, 3.8) is 0 Å². The SMILES string of the molecule is CCOC(=O)N1CC=C2C(C#N)C(=N)C(C#N)(C#N)[C@@H](c3cccc(F)c3)[C@@H]2C1. The van der Waals surface area contributed by atoms with Gasteiger partial charge in [0.15, 0.2) is 5.41 Å². The van der Waals surface area contributed by atoms with Crippen LogP contribution in [0.5, 0.6) is 0 Å². The Bertz CT molecular complexity index is 999. The van der Waals surface area contributed by atoms with Crippen molar-refractivity contribution in [2.75, 3.05) is 19.7 Å². The number of nitrogens with one attached hydrogen (secondary N) is 1. The summed E-state index contributed by atoms with van der Waals surface area (Å²) in [5.74, 6) is -3.10. The summed E-state index contributed by atoms with van der Waals surface area (Å²) in [6.45, 7) is 2.17. The van der Waals surface area contributed by atoms with E-state index in [1.807, 2.05) is 18.2 Å². The summed E-state index contributed by atoms with van der Waals surface area (Å²) in [6, 6.07) is 11.4. The molecule has 7 nitrogen and oxygen atoms in total. The molecule has 1 amide bonds. The average molecular weight is 391 g/mol. The van der Waals surface area contributed by atoms with Gasteiger partial charge in [-0.2, -0.15) is 15.8 Å². The highest BCUT2D eigenvalue weighted by atomic mass is 19.1. The zero-order valence-electron chi connectivity index (χ0n) is 15.7. The number of nitriles is 3. The summed E-state index contributed by atoms with van der Waals surface area (Å²) >= 11 is 0. The summed E-state index contributed by atoms with van der Waals surface area (Å²) in [4.78, 5) is 13.7. The van der Waals surface area contributed by atoms with Gasteiger partial charge < -0.3 is 15.0 Å². The van der Waals surface area contributed by atoms with Gasteiger partial charge in [0.2, 0.25) is 0 Å². The molecule has 2 aliphatic rings. The number of nitrogens with zero attached hydrogens (tertiary/aromatic N) is 4. The summed E-state index contributed by atoms with van der Waals surface area (Å²) in [6.07, 6.45) is 1.13. The monoisotopic (exact) mass is 391 g/mol. The fourth-order valence-corrected chi connectivity index (χ4v) is 4.25. The maximum atomic E-state index is 14.0. The predicted molar refractivity (Wildman–Crippen MR) is 99.8 cm³/mol. The third kappa shape index (κ3) is 3.11. The maximum Gasteiger partial charge on any atom is 0.410 e. The van der Waals surface area contributed by atoms with Crippen molar-refractivity contribution in [1.82, 2.24) is 4.90 Å². The quantitative estimate of drug-likeness (QED) is 0.775. The molecule has 1 saturated carbocycles. The van der Waals surface area contributed by atoms with Crippen molar-refractivity contribution < 1.29 is 13.9 Å². The molecule has 1 unspecified atom stereocenters. The molecule has 0 bridgehead atoms. The minimum Gasteiger partial charge on any atom is -0.450 e. The molecule has 3 atom stereocenters. The number of carbonyl (C=O) groups excluding carboxylic acids is 1. The Labute approximate surface area is 167 Å². The van der Waals surface area contributed by atoms with Gasteiger partial charge in [-0.05, 0) is 30.2 Å². The van der Waals surface area contributed by atoms with E-state index < -0.39 is 35.1 Å². The Balaban J connectivity index is 2.20. The number of hydrogen-bond donors (Lipinski definition) is 1. The van der Waals surface area contributed by atoms with Crippen LogP contribution < -0.4 is 0 Å². The van der Waals surface area contributed by atoms with Crippen LogP contribution in [-0.2, 0) is 4.74 Å². The van der Waals surface area contributed by atoms with Crippen molar-refractivity contribution in [2.24, 2.45) is 17.3 Å². The Morgan fingerprint density at radius 3 is 2.69 bits per heavy atom. The number of benzene rings is 1. The van der Waals surface area contributed by atoms with Crippen molar-refractivity contribution in [3.8, 4) is 18.2 Å². The van der Waals surface area contributed by atoms with Crippen LogP contribution in [0.25, 0.3) is 0 Å². The molecule has 1 aromatic rings. The Kier molecular flexibility index (Phi) is 5.35. The summed E-state index contributed by atoms with van der Waals surface area (Å²) in [7, 11) is 0. The third-order valence-corrected chi connectivity index (χ3v) is 5.52. The zero-order valence-corrected chi connectivity index (χ0v) is 15.7. The van der Waals surface area contributed by atoms with E-state index in [1.165, 1.54) is 23.1 Å². The third-order valence-electron chi connectivity index (χ3n) is 5.52. The number of amides is 1. The molecule has 1 heterocycles. The van der Waals surface area contributed by atoms with Crippen LogP contribution in [0.3, 0.4) is 0 Å². The van der Waals surface area contributed by atoms with E-state index >= 15 is 0 Å². The molecule has 0 saturated heterocycles. The minimum absolute atomic E-state index is 0.0996. The van der Waals surface area contributed by atoms with E-state index in [9.17, 15) is 25.0 Å². The van der Waals surface area contributed by atoms with Gasteiger partial charge in [-0.3, -0.25) is 0 Å². The number of hydrogen-bond acceptors (Lipinski definition) is 6. The molecule has 1 aliphatic heterocycles. The zero-order chi connectivity index (χ0) is 21.2. The summed E-state index contributed by atoms with van der Waals surface area (Å²) in [5, 5.41) is 38.0. The largest absolute Gasteiger partial charge is 0.450 e. The smallest absolute Gasteiger partial charge is 0.410 e. The minimum atomic E-state index is -1.95. The van der Waals surface area contributed by atoms with Crippen molar-refractivity contribution in [1.29, 1.82) is 21.2 Å². The van der Waals surface area contributed by atoms with Crippen molar-refractivity contribution in [3.05, 3.63) is 47.3 Å². The highest BCUT2D eigenvalue weighted by Gasteiger charge is 2.58. The van der Waals surface area contributed by atoms with Gasteiger partial charge in [0.05, 0.1) is 30.5 Å². The Morgan fingerprint density at radius 1 is 1.38 bits per heavy atom. The van der Waals surface area contributed by atoms with Crippen LogP contribution in [0.2, 0.25) is 0 Å². The first-order valence-electron chi connectivity index (χ1n) is 9.11. The predicted octanol–water partition coefficient (Wildman–Crippen LogP) is 3.13. The van der Waals surface area contributed by atoms with Gasteiger partial charge in [-0.25, -0.2) is 9.18 Å². The Hall–Kier alpha value is -3.70. The molecule has 29 heavy (non-hydrogen) atoms. The molecule has 1 aliphatic carbocycles. The van der Waals surface area contributed by atoms with Crippen molar-refractivity contribution in [2.45, 2.75) is 12.8 Å². The standard InChI is InChI=1S/C21H18FN5O2/c1-2-29-20(28)27-7-6-15-16(9-23)19(26)21(11-24,12-25)18(17(15)10-27)13-4-3-5-14(22)8-13/h3-6,8,16-18,26H,2,7,10H2,1H3/t16?,17-,18+/m1/s1. The van der Waals surface area contributed by atoms with Crippen LogP contribution in [0.15, 0.2) is 35.9 Å². The van der Waals surface area contributed by atoms with Gasteiger partial charge in [-0.1, -0.05) is 18.2 Å². The first-order valence-corrected chi connectivity index (χ1v) is 9.11. The van der Waals surface area contributed by atoms with Crippen LogP contribution in [0.4, 0.5) is 9.18 Å². The van der Waals surface area contributed by atoms with Gasteiger partial charge in [0.1, 0.15) is 11.7 Å². The van der Waals surface area contributed by atoms with E-state index in [4.69, 9.17) is 10.1 Å². The molecule has 146 valence electrons. The van der Waals surface area contributed by atoms with Gasteiger partial charge in [0, 0.05) is 24.9 Å². The topological polar surface area (TPSA) is 125 Å². The van der Waals surface area contributed by atoms with Gasteiger partial charge >= 0.3 is 6.09 Å². The first-order chi connectivity index (χ1) is 13.9. The number of ether oxygens (including phenoxy) is 1. The summed E-state index contributed by atoms with van der Waals surface area (Å²) < 4.78 is 19.0. The highest BCUT2D eigenvalue weighted by Crippen LogP contribution is 2.53. The molecule has 1 aromatic carbocycles. The first kappa shape index (κ1) is 20.0. The lowest BCUT2D eigenvalue weighted by Gasteiger charge is -2.47. The van der Waals surface area contributed by atoms with E-state index in [-0.39, 0.29) is 25.4 Å². The molecule has 1 fully saturated rings. The van der Waals surface area contributed by atoms with Crippen LogP contribution in [-0.4, -0.2) is 36.4 Å². The molecule has 8 heteroatoms. The summed E-state index contributed by atoms with van der Waals surface area (Å²) in [5.41, 5.74) is -1.32. The molecule has 3 rings (SSSR count). The number of fused-ring (bicyclic) bond motifs is 1. The molecule has 0 radical (unpaired) electrons. The fraction of sp³-hybridized carbons (Fsp3) is 0.381. The second-order valence-corrected chi connectivity index (χ2v) is 6.95. The number of halogens is 1. The molecular formula is C21H18FN5O2. The van der Waals surface area contributed by atoms with Crippen LogP contribution in [0.1, 0.15) is 18.4 Å². The normalized spacial score (nSPS) is 24.9. The second-order valence-electron chi connectivity index (χ2n) is 6.95. The lowest BCUT2D eigenvalue weighted by atomic mass is 9.54. The Morgan fingerprint density at radius 2 is 2.10 bits per heavy atom. The molecule has 0 aromatic heterocycles. The van der Waals surface area contributed by atoms with E-state index in [1.54, 1.807) is 19.1 Å². The molecule has 0 spiro atoms. The molecule has 1 N–H and O–H groups in total. The van der Waals surface area contributed by atoms with Gasteiger partial charge in [0.25, 0.3) is 0 Å². The number of carbonyl (C=O) groups is 1. The second kappa shape index (κ2) is 7.73. The van der Waals surface area contributed by atoms with E-state index in [2.05, 4.69) is 0 Å². The molecular weight excluding hydrogens is 373 g/mol. The maximum absolute atomic E-state index is 14.0. The number of rotatable bonds is 2. The lowest BCUT2D eigenvalue weighted by molar-refractivity contribution is 0.0992. The van der Waals surface area contributed by atoms with E-state index in [0.717, 1.165) is 0 Å².